The quantitative estimate of drug-likeness (QED) is 0.863. The SMILES string of the molecule is Cc1c(CN2CC[C@@H](N3CCN(C)CC3)[C@H](O)C2)[nH]c2c(Cl)cccc12. The van der Waals surface area contributed by atoms with Crippen molar-refractivity contribution in [3.8, 4) is 0 Å². The van der Waals surface area contributed by atoms with E-state index in [-0.39, 0.29) is 6.10 Å². The molecule has 4 rings (SSSR count). The van der Waals surface area contributed by atoms with Crippen LogP contribution in [-0.4, -0.2) is 83.3 Å². The predicted molar refractivity (Wildman–Crippen MR) is 107 cm³/mol. The molecule has 0 aliphatic carbocycles. The lowest BCUT2D eigenvalue weighted by Crippen LogP contribution is -2.58. The number of H-pyrrole nitrogens is 1. The number of hydrogen-bond acceptors (Lipinski definition) is 4. The van der Waals surface area contributed by atoms with Gasteiger partial charge in [-0.15, -0.1) is 0 Å². The lowest BCUT2D eigenvalue weighted by Gasteiger charge is -2.44. The van der Waals surface area contributed by atoms with E-state index in [1.165, 1.54) is 16.6 Å². The zero-order valence-corrected chi connectivity index (χ0v) is 16.5. The number of halogens is 1. The smallest absolute Gasteiger partial charge is 0.0822 e. The van der Waals surface area contributed by atoms with Crippen LogP contribution in [-0.2, 0) is 6.54 Å². The Morgan fingerprint density at radius 2 is 1.96 bits per heavy atom. The Morgan fingerprint density at radius 3 is 2.65 bits per heavy atom. The first-order chi connectivity index (χ1) is 12.5. The van der Waals surface area contributed by atoms with Crippen molar-refractivity contribution in [1.29, 1.82) is 0 Å². The highest BCUT2D eigenvalue weighted by Gasteiger charge is 2.33. The maximum atomic E-state index is 10.8. The number of fused-ring (bicyclic) bond motifs is 1. The molecule has 0 bridgehead atoms. The van der Waals surface area contributed by atoms with Crippen LogP contribution in [0.4, 0.5) is 0 Å². The van der Waals surface area contributed by atoms with Crippen LogP contribution >= 0.6 is 11.6 Å². The number of aryl methyl sites for hydroxylation is 1. The van der Waals surface area contributed by atoms with Crippen LogP contribution < -0.4 is 0 Å². The van der Waals surface area contributed by atoms with Gasteiger partial charge in [0.25, 0.3) is 0 Å². The number of likely N-dealkylation sites (N-methyl/N-ethyl adjacent to an activating group) is 1. The van der Waals surface area contributed by atoms with E-state index in [1.807, 2.05) is 12.1 Å². The largest absolute Gasteiger partial charge is 0.390 e. The van der Waals surface area contributed by atoms with Crippen molar-refractivity contribution in [2.45, 2.75) is 32.0 Å². The first-order valence-electron chi connectivity index (χ1n) is 9.61. The number of aliphatic hydroxyl groups excluding tert-OH is 1. The molecule has 142 valence electrons. The minimum atomic E-state index is -0.277. The second-order valence-corrected chi connectivity index (χ2v) is 8.30. The summed E-state index contributed by atoms with van der Waals surface area (Å²) in [5.74, 6) is 0. The highest BCUT2D eigenvalue weighted by molar-refractivity contribution is 6.35. The average Bonchev–Trinajstić information content (AvgIpc) is 2.94. The third-order valence-corrected chi connectivity index (χ3v) is 6.48. The summed E-state index contributed by atoms with van der Waals surface area (Å²) >= 11 is 6.33. The van der Waals surface area contributed by atoms with E-state index < -0.39 is 0 Å². The number of aromatic nitrogens is 1. The molecule has 2 saturated heterocycles. The molecule has 5 nitrogen and oxygen atoms in total. The van der Waals surface area contributed by atoms with Crippen molar-refractivity contribution in [2.24, 2.45) is 0 Å². The molecule has 2 atom stereocenters. The lowest BCUT2D eigenvalue weighted by molar-refractivity contribution is -0.0288. The number of hydrogen-bond donors (Lipinski definition) is 2. The van der Waals surface area contributed by atoms with Gasteiger partial charge in [0, 0.05) is 62.9 Å². The molecule has 0 unspecified atom stereocenters. The van der Waals surface area contributed by atoms with E-state index in [9.17, 15) is 5.11 Å². The number of piperazine rings is 1. The van der Waals surface area contributed by atoms with Gasteiger partial charge >= 0.3 is 0 Å². The maximum absolute atomic E-state index is 10.8. The summed E-state index contributed by atoms with van der Waals surface area (Å²) in [6, 6.07) is 6.35. The summed E-state index contributed by atoms with van der Waals surface area (Å²) in [5, 5.41) is 12.7. The molecule has 3 heterocycles. The van der Waals surface area contributed by atoms with Gasteiger partial charge in [-0.2, -0.15) is 0 Å². The van der Waals surface area contributed by atoms with Gasteiger partial charge < -0.3 is 15.0 Å². The molecule has 0 amide bonds. The number of likely N-dealkylation sites (tertiary alicyclic amines) is 1. The molecule has 2 fully saturated rings. The van der Waals surface area contributed by atoms with E-state index in [0.717, 1.165) is 62.8 Å². The van der Waals surface area contributed by atoms with Crippen molar-refractivity contribution in [3.63, 3.8) is 0 Å². The van der Waals surface area contributed by atoms with E-state index in [0.29, 0.717) is 6.04 Å². The third-order valence-electron chi connectivity index (χ3n) is 6.17. The Hall–Kier alpha value is -1.11. The minimum Gasteiger partial charge on any atom is -0.390 e. The van der Waals surface area contributed by atoms with Crippen molar-refractivity contribution < 1.29 is 5.11 Å². The van der Waals surface area contributed by atoms with Gasteiger partial charge in [0.15, 0.2) is 0 Å². The number of nitrogens with zero attached hydrogens (tertiary/aromatic N) is 3. The number of nitrogens with one attached hydrogen (secondary N) is 1. The molecule has 0 spiro atoms. The van der Waals surface area contributed by atoms with Crippen molar-refractivity contribution in [2.75, 3.05) is 46.3 Å². The number of aromatic amines is 1. The third kappa shape index (κ3) is 3.51. The summed E-state index contributed by atoms with van der Waals surface area (Å²) in [4.78, 5) is 10.7. The normalized spacial score (nSPS) is 26.6. The fraction of sp³-hybridized carbons (Fsp3) is 0.600. The van der Waals surface area contributed by atoms with Crippen LogP contribution in [0.3, 0.4) is 0 Å². The standard InChI is InChI=1S/C20H29ClN4O/c1-14-15-4-3-5-16(21)20(15)22-17(14)12-24-7-6-18(19(26)13-24)25-10-8-23(2)9-11-25/h3-5,18-19,22,26H,6-13H2,1-2H3/t18-,19-/m1/s1. The van der Waals surface area contributed by atoms with E-state index in [2.05, 4.69) is 39.7 Å². The Labute approximate surface area is 160 Å². The average molecular weight is 377 g/mol. The van der Waals surface area contributed by atoms with Gasteiger partial charge in [0.05, 0.1) is 16.6 Å². The Morgan fingerprint density at radius 1 is 1.19 bits per heavy atom. The van der Waals surface area contributed by atoms with Crippen LogP contribution in [0.1, 0.15) is 17.7 Å². The lowest BCUT2D eigenvalue weighted by atomic mass is 9.99. The molecule has 2 aromatic rings. The molecule has 0 radical (unpaired) electrons. The minimum absolute atomic E-state index is 0.277. The summed E-state index contributed by atoms with van der Waals surface area (Å²) in [6.45, 7) is 9.08. The zero-order chi connectivity index (χ0) is 18.3. The van der Waals surface area contributed by atoms with Gasteiger partial charge in [-0.05, 0) is 32.0 Å². The van der Waals surface area contributed by atoms with Crippen LogP contribution in [0.15, 0.2) is 18.2 Å². The molecule has 0 saturated carbocycles. The van der Waals surface area contributed by atoms with Gasteiger partial charge in [0.1, 0.15) is 0 Å². The second-order valence-electron chi connectivity index (χ2n) is 7.89. The summed E-state index contributed by atoms with van der Waals surface area (Å²) in [6.07, 6.45) is 0.755. The first kappa shape index (κ1) is 18.3. The molecule has 26 heavy (non-hydrogen) atoms. The number of aliphatic hydroxyl groups is 1. The fourth-order valence-electron chi connectivity index (χ4n) is 4.46. The molecule has 6 heteroatoms. The number of β-amino-alcohol motifs (C(OH)–C–C–N with tert-alkyl or cyclic N) is 1. The molecular weight excluding hydrogens is 348 g/mol. The second kappa shape index (κ2) is 7.49. The monoisotopic (exact) mass is 376 g/mol. The van der Waals surface area contributed by atoms with E-state index in [4.69, 9.17) is 11.6 Å². The topological polar surface area (TPSA) is 45.7 Å². The van der Waals surface area contributed by atoms with Gasteiger partial charge in [0.2, 0.25) is 0 Å². The van der Waals surface area contributed by atoms with Gasteiger partial charge in [-0.25, -0.2) is 0 Å². The van der Waals surface area contributed by atoms with Gasteiger partial charge in [-0.3, -0.25) is 9.80 Å². The first-order valence-corrected chi connectivity index (χ1v) is 9.99. The van der Waals surface area contributed by atoms with Crippen LogP contribution in [0.25, 0.3) is 10.9 Å². The summed E-state index contributed by atoms with van der Waals surface area (Å²) < 4.78 is 0. The van der Waals surface area contributed by atoms with E-state index >= 15 is 0 Å². The Bertz CT molecular complexity index is 769. The van der Waals surface area contributed by atoms with Crippen LogP contribution in [0.5, 0.6) is 0 Å². The number of benzene rings is 1. The van der Waals surface area contributed by atoms with Gasteiger partial charge in [-0.1, -0.05) is 23.7 Å². The Balaban J connectivity index is 1.42. The van der Waals surface area contributed by atoms with Crippen molar-refractivity contribution >= 4 is 22.5 Å². The molecule has 2 N–H and O–H groups in total. The highest BCUT2D eigenvalue weighted by Crippen LogP contribution is 2.29. The molecular formula is C20H29ClN4O. The fourth-order valence-corrected chi connectivity index (χ4v) is 4.68. The summed E-state index contributed by atoms with van der Waals surface area (Å²) in [7, 11) is 2.17. The predicted octanol–water partition coefficient (Wildman–Crippen LogP) is 2.31. The Kier molecular flexibility index (Phi) is 5.26. The molecule has 2 aliphatic rings. The number of rotatable bonds is 3. The number of para-hydroxylation sites is 1. The van der Waals surface area contributed by atoms with Crippen molar-refractivity contribution in [1.82, 2.24) is 19.7 Å². The number of piperidine rings is 1. The van der Waals surface area contributed by atoms with Crippen LogP contribution in [0, 0.1) is 6.92 Å². The molecule has 2 aliphatic heterocycles. The van der Waals surface area contributed by atoms with Crippen molar-refractivity contribution in [3.05, 3.63) is 34.5 Å². The molecule has 1 aromatic carbocycles. The highest BCUT2D eigenvalue weighted by atomic mass is 35.5. The van der Waals surface area contributed by atoms with Crippen LogP contribution in [0.2, 0.25) is 5.02 Å². The summed E-state index contributed by atoms with van der Waals surface area (Å²) in [5.41, 5.74) is 3.49. The zero-order valence-electron chi connectivity index (χ0n) is 15.7. The van der Waals surface area contributed by atoms with E-state index in [1.54, 1.807) is 0 Å². The molecule has 1 aromatic heterocycles. The maximum Gasteiger partial charge on any atom is 0.0822 e.